The molecule has 0 radical (unpaired) electrons. The zero-order valence-corrected chi connectivity index (χ0v) is 14.6. The second kappa shape index (κ2) is 8.57. The highest BCUT2D eigenvalue weighted by Gasteiger charge is 2.24. The lowest BCUT2D eigenvalue weighted by molar-refractivity contribution is 0.0690. The van der Waals surface area contributed by atoms with Crippen LogP contribution in [0.15, 0.2) is 42.7 Å². The minimum absolute atomic E-state index is 0.0534. The van der Waals surface area contributed by atoms with Gasteiger partial charge in [0.15, 0.2) is 0 Å². The first-order valence-electron chi connectivity index (χ1n) is 8.73. The minimum atomic E-state index is -0.827. The average Bonchev–Trinajstić information content (AvgIpc) is 2.70. The summed E-state index contributed by atoms with van der Waals surface area (Å²) >= 11 is 0. The van der Waals surface area contributed by atoms with Crippen molar-refractivity contribution in [3.05, 3.63) is 59.9 Å². The number of nitrogens with zero attached hydrogens (tertiary/aromatic N) is 2. The number of amides is 3. The van der Waals surface area contributed by atoms with Crippen LogP contribution in [0.2, 0.25) is 0 Å². The van der Waals surface area contributed by atoms with Crippen LogP contribution in [0.3, 0.4) is 0 Å². The number of hydrogen-bond acceptors (Lipinski definition) is 3. The van der Waals surface area contributed by atoms with Crippen molar-refractivity contribution < 1.29 is 18.4 Å². The third-order valence-electron chi connectivity index (χ3n) is 4.56. The second-order valence-electron chi connectivity index (χ2n) is 6.41. The first-order valence-corrected chi connectivity index (χ1v) is 8.73. The van der Waals surface area contributed by atoms with Crippen molar-refractivity contribution in [2.45, 2.75) is 12.8 Å². The number of likely N-dealkylation sites (tertiary alicyclic amines) is 1. The zero-order chi connectivity index (χ0) is 19.2. The summed E-state index contributed by atoms with van der Waals surface area (Å²) in [6.45, 7) is 1.55. The molecule has 1 fully saturated rings. The van der Waals surface area contributed by atoms with Gasteiger partial charge in [-0.3, -0.25) is 9.78 Å². The van der Waals surface area contributed by atoms with E-state index in [1.54, 1.807) is 29.4 Å². The van der Waals surface area contributed by atoms with Crippen molar-refractivity contribution in [1.82, 2.24) is 15.2 Å². The molecule has 0 spiro atoms. The molecule has 0 saturated carbocycles. The number of pyridine rings is 1. The van der Waals surface area contributed by atoms with Gasteiger partial charge >= 0.3 is 6.03 Å². The van der Waals surface area contributed by atoms with Crippen molar-refractivity contribution in [3.8, 4) is 0 Å². The summed E-state index contributed by atoms with van der Waals surface area (Å²) in [5.41, 5.74) is 0.0900. The molecule has 142 valence electrons. The summed E-state index contributed by atoms with van der Waals surface area (Å²) in [6.07, 6.45) is 4.63. The van der Waals surface area contributed by atoms with E-state index in [0.29, 0.717) is 25.2 Å². The van der Waals surface area contributed by atoms with Crippen molar-refractivity contribution in [2.24, 2.45) is 5.92 Å². The number of urea groups is 1. The maximum Gasteiger partial charge on any atom is 0.319 e. The molecule has 8 heteroatoms. The van der Waals surface area contributed by atoms with Gasteiger partial charge in [-0.05, 0) is 43.0 Å². The fraction of sp³-hybridized carbons (Fsp3) is 0.316. The number of piperidine rings is 1. The number of halogens is 2. The van der Waals surface area contributed by atoms with Crippen molar-refractivity contribution in [1.29, 1.82) is 0 Å². The number of benzene rings is 1. The zero-order valence-electron chi connectivity index (χ0n) is 14.6. The smallest absolute Gasteiger partial charge is 0.319 e. The number of anilines is 1. The van der Waals surface area contributed by atoms with E-state index >= 15 is 0 Å². The van der Waals surface area contributed by atoms with Gasteiger partial charge in [-0.15, -0.1) is 0 Å². The largest absolute Gasteiger partial charge is 0.339 e. The molecule has 6 nitrogen and oxygen atoms in total. The predicted molar refractivity (Wildman–Crippen MR) is 96.2 cm³/mol. The molecule has 1 aromatic carbocycles. The molecule has 1 aliphatic rings. The van der Waals surface area contributed by atoms with Gasteiger partial charge in [-0.1, -0.05) is 6.07 Å². The third kappa shape index (κ3) is 4.78. The Balaban J connectivity index is 1.44. The minimum Gasteiger partial charge on any atom is -0.339 e. The first-order chi connectivity index (χ1) is 13.0. The Morgan fingerprint density at radius 2 is 1.81 bits per heavy atom. The van der Waals surface area contributed by atoms with Crippen LogP contribution in [0.25, 0.3) is 0 Å². The number of rotatable bonds is 4. The Morgan fingerprint density at radius 1 is 1.11 bits per heavy atom. The Morgan fingerprint density at radius 3 is 2.44 bits per heavy atom. The Bertz CT molecular complexity index is 788. The number of hydrogen-bond donors (Lipinski definition) is 2. The van der Waals surface area contributed by atoms with Gasteiger partial charge in [0.2, 0.25) is 0 Å². The molecule has 0 aliphatic carbocycles. The van der Waals surface area contributed by atoms with E-state index in [4.69, 9.17) is 0 Å². The van der Waals surface area contributed by atoms with Gasteiger partial charge in [0.05, 0.1) is 5.56 Å². The SMILES string of the molecule is O=C(NCC1CCN(C(=O)c2cccnc2)CC1)Nc1c(F)cccc1F. The first kappa shape index (κ1) is 18.8. The van der Waals surface area contributed by atoms with Crippen LogP contribution in [-0.2, 0) is 0 Å². The molecule has 2 N–H and O–H groups in total. The van der Waals surface area contributed by atoms with Crippen LogP contribution in [0.4, 0.5) is 19.3 Å². The van der Waals surface area contributed by atoms with Crippen LogP contribution in [0, 0.1) is 17.6 Å². The van der Waals surface area contributed by atoms with E-state index in [-0.39, 0.29) is 11.8 Å². The molecule has 2 heterocycles. The fourth-order valence-corrected chi connectivity index (χ4v) is 3.02. The lowest BCUT2D eigenvalue weighted by Crippen LogP contribution is -2.42. The van der Waals surface area contributed by atoms with E-state index in [9.17, 15) is 18.4 Å². The van der Waals surface area contributed by atoms with Crippen molar-refractivity contribution >= 4 is 17.6 Å². The summed E-state index contributed by atoms with van der Waals surface area (Å²) in [6, 6.07) is 6.18. The quantitative estimate of drug-likeness (QED) is 0.864. The molecule has 1 aliphatic heterocycles. The van der Waals surface area contributed by atoms with Crippen LogP contribution in [-0.4, -0.2) is 41.5 Å². The Hall–Kier alpha value is -3.03. The number of carbonyl (C=O) groups is 2. The Kier molecular flexibility index (Phi) is 5.95. The van der Waals surface area contributed by atoms with Gasteiger partial charge in [0.1, 0.15) is 17.3 Å². The summed E-state index contributed by atoms with van der Waals surface area (Å²) in [5, 5.41) is 4.83. The van der Waals surface area contributed by atoms with Crippen LogP contribution >= 0.6 is 0 Å². The highest BCUT2D eigenvalue weighted by Crippen LogP contribution is 2.19. The molecule has 0 bridgehead atoms. The average molecular weight is 374 g/mol. The van der Waals surface area contributed by atoms with E-state index in [1.807, 2.05) is 0 Å². The molecule has 3 amide bonds. The van der Waals surface area contributed by atoms with Gasteiger partial charge in [0, 0.05) is 32.0 Å². The normalized spacial score (nSPS) is 14.7. The summed E-state index contributed by atoms with van der Waals surface area (Å²) in [7, 11) is 0. The molecule has 0 atom stereocenters. The van der Waals surface area contributed by atoms with Crippen molar-refractivity contribution in [2.75, 3.05) is 25.0 Å². The molecule has 2 aromatic rings. The molecule has 1 saturated heterocycles. The topological polar surface area (TPSA) is 74.3 Å². The standard InChI is InChI=1S/C19H20F2N4O2/c20-15-4-1-5-16(21)17(15)24-19(27)23-11-13-6-9-25(10-7-13)18(26)14-3-2-8-22-12-14/h1-5,8,12-13H,6-7,9-11H2,(H2,23,24,27). The van der Waals surface area contributed by atoms with Crippen LogP contribution in [0.1, 0.15) is 23.2 Å². The third-order valence-corrected chi connectivity index (χ3v) is 4.56. The highest BCUT2D eigenvalue weighted by molar-refractivity contribution is 5.94. The Labute approximate surface area is 155 Å². The summed E-state index contributed by atoms with van der Waals surface area (Å²) in [5.74, 6) is -1.51. The van der Waals surface area contributed by atoms with E-state index in [0.717, 1.165) is 25.0 Å². The summed E-state index contributed by atoms with van der Waals surface area (Å²) in [4.78, 5) is 30.0. The lowest BCUT2D eigenvalue weighted by Gasteiger charge is -2.32. The van der Waals surface area contributed by atoms with E-state index in [1.165, 1.54) is 6.07 Å². The van der Waals surface area contributed by atoms with Gasteiger partial charge in [-0.25, -0.2) is 13.6 Å². The molecule has 27 heavy (non-hydrogen) atoms. The molecule has 0 unspecified atom stereocenters. The maximum atomic E-state index is 13.5. The van der Waals surface area contributed by atoms with Gasteiger partial charge in [0.25, 0.3) is 5.91 Å². The number of carbonyl (C=O) groups excluding carboxylic acids is 2. The van der Waals surface area contributed by atoms with Gasteiger partial charge in [-0.2, -0.15) is 0 Å². The van der Waals surface area contributed by atoms with Crippen molar-refractivity contribution in [3.63, 3.8) is 0 Å². The summed E-state index contributed by atoms with van der Waals surface area (Å²) < 4.78 is 27.1. The monoisotopic (exact) mass is 374 g/mol. The van der Waals surface area contributed by atoms with E-state index in [2.05, 4.69) is 15.6 Å². The molecular weight excluding hydrogens is 354 g/mol. The number of para-hydroxylation sites is 1. The maximum absolute atomic E-state index is 13.5. The highest BCUT2D eigenvalue weighted by atomic mass is 19.1. The van der Waals surface area contributed by atoms with E-state index < -0.39 is 23.4 Å². The molecule has 1 aromatic heterocycles. The van der Waals surface area contributed by atoms with Crippen LogP contribution in [0.5, 0.6) is 0 Å². The van der Waals surface area contributed by atoms with Crippen LogP contribution < -0.4 is 10.6 Å². The fourth-order valence-electron chi connectivity index (χ4n) is 3.02. The molecular formula is C19H20F2N4O2. The van der Waals surface area contributed by atoms with Gasteiger partial charge < -0.3 is 15.5 Å². The lowest BCUT2D eigenvalue weighted by atomic mass is 9.96. The molecule has 3 rings (SSSR count). The number of aromatic nitrogens is 1. The second-order valence-corrected chi connectivity index (χ2v) is 6.41. The predicted octanol–water partition coefficient (Wildman–Crippen LogP) is 3.03. The number of nitrogens with one attached hydrogen (secondary N) is 2.